The molecule has 5 rings (SSSR count). The van der Waals surface area contributed by atoms with E-state index in [1.165, 1.54) is 0 Å². The average molecular weight is 603 g/mol. The fraction of sp³-hybridized carbons (Fsp3) is 0.429. The first kappa shape index (κ1) is 31.3. The Hall–Kier alpha value is -4.08. The number of ether oxygens (including phenoxy) is 4. The number of carbonyl (C=O) groups excluding carboxylic acids is 1. The summed E-state index contributed by atoms with van der Waals surface area (Å²) in [5.74, 6) is -0.802. The maximum Gasteiger partial charge on any atom is 0.309 e. The van der Waals surface area contributed by atoms with Crippen LogP contribution in [0.1, 0.15) is 60.0 Å². The van der Waals surface area contributed by atoms with Crippen LogP contribution in [0.3, 0.4) is 0 Å². The van der Waals surface area contributed by atoms with E-state index in [0.29, 0.717) is 30.4 Å². The van der Waals surface area contributed by atoms with Gasteiger partial charge in [-0.3, -0.25) is 14.5 Å². The van der Waals surface area contributed by atoms with Crippen molar-refractivity contribution < 1.29 is 33.6 Å². The second-order valence-corrected chi connectivity index (χ2v) is 11.3. The van der Waals surface area contributed by atoms with Crippen LogP contribution in [0.25, 0.3) is 0 Å². The van der Waals surface area contributed by atoms with Crippen molar-refractivity contribution in [3.8, 4) is 17.2 Å². The Morgan fingerprint density at radius 1 is 1.00 bits per heavy atom. The van der Waals surface area contributed by atoms with Crippen LogP contribution in [-0.2, 0) is 33.6 Å². The summed E-state index contributed by atoms with van der Waals surface area (Å²) in [6, 6.07) is 17.3. The van der Waals surface area contributed by atoms with Gasteiger partial charge in [-0.1, -0.05) is 56.3 Å². The molecule has 3 aromatic rings. The lowest BCUT2D eigenvalue weighted by atomic mass is 9.82. The Morgan fingerprint density at radius 3 is 2.36 bits per heavy atom. The number of likely N-dealkylation sites (tertiary alicyclic amines) is 1. The highest BCUT2D eigenvalue weighted by Gasteiger charge is 2.48. The number of rotatable bonds is 13. The number of carboxylic acid groups (broad SMARTS) is 1. The molecule has 2 aliphatic heterocycles. The van der Waals surface area contributed by atoms with Gasteiger partial charge in [0.15, 0.2) is 11.5 Å². The molecule has 2 N–H and O–H groups in total. The minimum absolute atomic E-state index is 0.0451. The van der Waals surface area contributed by atoms with E-state index in [1.807, 2.05) is 59.5 Å². The molecule has 2 aliphatic rings. The third-order valence-electron chi connectivity index (χ3n) is 8.74. The van der Waals surface area contributed by atoms with E-state index in [1.54, 1.807) is 14.2 Å². The van der Waals surface area contributed by atoms with Crippen LogP contribution in [0.15, 0.2) is 54.6 Å². The molecule has 9 nitrogen and oxygen atoms in total. The lowest BCUT2D eigenvalue weighted by Crippen LogP contribution is -2.35. The topological polar surface area (TPSA) is 107 Å². The molecule has 0 aromatic heterocycles. The summed E-state index contributed by atoms with van der Waals surface area (Å²) < 4.78 is 22.0. The monoisotopic (exact) mass is 602 g/mol. The van der Waals surface area contributed by atoms with Gasteiger partial charge in [0.25, 0.3) is 0 Å². The molecule has 1 saturated heterocycles. The van der Waals surface area contributed by atoms with Crippen molar-refractivity contribution in [2.45, 2.75) is 51.5 Å². The summed E-state index contributed by atoms with van der Waals surface area (Å²) in [4.78, 5) is 28.7. The first-order valence-corrected chi connectivity index (χ1v) is 15.3. The minimum Gasteiger partial charge on any atom is -0.493 e. The van der Waals surface area contributed by atoms with E-state index in [4.69, 9.17) is 18.9 Å². The van der Waals surface area contributed by atoms with Crippen LogP contribution in [0.5, 0.6) is 17.2 Å². The first-order valence-electron chi connectivity index (χ1n) is 15.3. The third kappa shape index (κ3) is 6.54. The lowest BCUT2D eigenvalue weighted by molar-refractivity contribution is -0.143. The standard InChI is InChI=1S/C35H42N2O7/c1-5-23-10-7-11-24(6-2)32(23)36-30(38)20-37-19-27(26-17-28(42-4)34-29(18-26)43-21-44-34)31(35(39)40)33(37)25-14-12-22(13-15-25)9-8-16-41-3/h7,10-15,17-18,27,31,33H,5-6,8-9,16,19-21H2,1-4H3,(H,36,38)(H,39,40)/t27-,31?,33+/m1/s1. The van der Waals surface area contributed by atoms with Gasteiger partial charge in [-0.05, 0) is 65.6 Å². The predicted octanol–water partition coefficient (Wildman–Crippen LogP) is 5.61. The van der Waals surface area contributed by atoms with Gasteiger partial charge in [0.2, 0.25) is 18.4 Å². The summed E-state index contributed by atoms with van der Waals surface area (Å²) in [6.45, 7) is 5.30. The van der Waals surface area contributed by atoms with Gasteiger partial charge in [0.05, 0.1) is 19.6 Å². The molecule has 2 heterocycles. The van der Waals surface area contributed by atoms with Crippen LogP contribution >= 0.6 is 0 Å². The molecule has 234 valence electrons. The third-order valence-corrected chi connectivity index (χ3v) is 8.74. The number of amides is 1. The number of fused-ring (bicyclic) bond motifs is 1. The van der Waals surface area contributed by atoms with Crippen molar-refractivity contribution >= 4 is 17.6 Å². The van der Waals surface area contributed by atoms with Gasteiger partial charge >= 0.3 is 5.97 Å². The second kappa shape index (κ2) is 14.1. The normalized spacial score (nSPS) is 19.2. The number of benzene rings is 3. The molecular formula is C35H42N2O7. The van der Waals surface area contributed by atoms with Crippen molar-refractivity contribution in [1.82, 2.24) is 4.90 Å². The molecule has 1 amide bonds. The molecular weight excluding hydrogens is 560 g/mol. The lowest BCUT2D eigenvalue weighted by Gasteiger charge is -2.27. The molecule has 3 aromatic carbocycles. The first-order chi connectivity index (χ1) is 21.4. The molecule has 9 heteroatoms. The average Bonchev–Trinajstić information content (AvgIpc) is 3.66. The summed E-state index contributed by atoms with van der Waals surface area (Å²) >= 11 is 0. The quantitative estimate of drug-likeness (QED) is 0.243. The number of methoxy groups -OCH3 is 2. The number of aliphatic carboxylic acids is 1. The molecule has 1 unspecified atom stereocenters. The fourth-order valence-corrected chi connectivity index (χ4v) is 6.56. The van der Waals surface area contributed by atoms with Crippen LogP contribution in [0.4, 0.5) is 5.69 Å². The number of nitrogens with one attached hydrogen (secondary N) is 1. The van der Waals surface area contributed by atoms with Gasteiger partial charge in [0, 0.05) is 37.9 Å². The van der Waals surface area contributed by atoms with E-state index >= 15 is 0 Å². The Kier molecular flexibility index (Phi) is 10.1. The molecule has 0 spiro atoms. The highest BCUT2D eigenvalue weighted by atomic mass is 16.7. The number of hydrogen-bond acceptors (Lipinski definition) is 7. The molecule has 1 fully saturated rings. The molecule has 0 bridgehead atoms. The van der Waals surface area contributed by atoms with Crippen LogP contribution in [-0.4, -0.2) is 62.6 Å². The highest BCUT2D eigenvalue weighted by Crippen LogP contribution is 2.50. The smallest absolute Gasteiger partial charge is 0.309 e. The zero-order valence-corrected chi connectivity index (χ0v) is 25.9. The van der Waals surface area contributed by atoms with Gasteiger partial charge in [0.1, 0.15) is 0 Å². The van der Waals surface area contributed by atoms with Gasteiger partial charge < -0.3 is 29.4 Å². The minimum atomic E-state index is -0.923. The summed E-state index contributed by atoms with van der Waals surface area (Å²) in [5, 5.41) is 13.9. The summed E-state index contributed by atoms with van der Waals surface area (Å²) in [5.41, 5.74) is 5.79. The zero-order chi connectivity index (χ0) is 31.2. The highest BCUT2D eigenvalue weighted by molar-refractivity contribution is 5.94. The Labute approximate surface area is 259 Å². The zero-order valence-electron chi connectivity index (χ0n) is 25.9. The summed E-state index contributed by atoms with van der Waals surface area (Å²) in [6.07, 6.45) is 3.35. The number of hydrogen-bond donors (Lipinski definition) is 2. The van der Waals surface area contributed by atoms with E-state index in [0.717, 1.165) is 59.2 Å². The Balaban J connectivity index is 1.49. The van der Waals surface area contributed by atoms with Crippen molar-refractivity contribution in [1.29, 1.82) is 0 Å². The van der Waals surface area contributed by atoms with Crippen LogP contribution in [0.2, 0.25) is 0 Å². The molecule has 0 saturated carbocycles. The number of nitrogens with zero attached hydrogens (tertiary/aromatic N) is 1. The largest absolute Gasteiger partial charge is 0.493 e. The van der Waals surface area contributed by atoms with Crippen molar-refractivity contribution in [2.24, 2.45) is 5.92 Å². The number of anilines is 1. The molecule has 0 aliphatic carbocycles. The van der Waals surface area contributed by atoms with Gasteiger partial charge in [-0.25, -0.2) is 0 Å². The summed E-state index contributed by atoms with van der Waals surface area (Å²) in [7, 11) is 3.24. The maximum absolute atomic E-state index is 13.7. The van der Waals surface area contributed by atoms with E-state index in [9.17, 15) is 14.7 Å². The molecule has 0 radical (unpaired) electrons. The maximum atomic E-state index is 13.7. The van der Waals surface area contributed by atoms with Crippen molar-refractivity contribution in [3.63, 3.8) is 0 Å². The van der Waals surface area contributed by atoms with Crippen molar-refractivity contribution in [3.05, 3.63) is 82.4 Å². The SMILES string of the molecule is CCc1cccc(CC)c1NC(=O)CN1C[C@H](c2cc(OC)c3c(c2)OCO3)C(C(=O)O)[C@@H]1c1ccc(CCCOC)cc1. The Morgan fingerprint density at radius 2 is 1.73 bits per heavy atom. The fourth-order valence-electron chi connectivity index (χ4n) is 6.56. The number of aryl methyl sites for hydroxylation is 3. The van der Waals surface area contributed by atoms with E-state index < -0.39 is 23.8 Å². The van der Waals surface area contributed by atoms with E-state index in [2.05, 4.69) is 19.2 Å². The van der Waals surface area contributed by atoms with Crippen LogP contribution < -0.4 is 19.5 Å². The molecule has 3 atom stereocenters. The number of carboxylic acids is 1. The second-order valence-electron chi connectivity index (χ2n) is 11.3. The number of carbonyl (C=O) groups is 2. The van der Waals surface area contributed by atoms with Crippen molar-refractivity contribution in [2.75, 3.05) is 46.0 Å². The van der Waals surface area contributed by atoms with Gasteiger partial charge in [-0.15, -0.1) is 0 Å². The Bertz CT molecular complexity index is 1450. The number of para-hydroxylation sites is 1. The van der Waals surface area contributed by atoms with Gasteiger partial charge in [-0.2, -0.15) is 0 Å². The predicted molar refractivity (Wildman–Crippen MR) is 168 cm³/mol. The van der Waals surface area contributed by atoms with E-state index in [-0.39, 0.29) is 19.2 Å². The molecule has 44 heavy (non-hydrogen) atoms. The van der Waals surface area contributed by atoms with Crippen LogP contribution in [0, 0.1) is 5.92 Å².